The Morgan fingerprint density at radius 2 is 2.10 bits per heavy atom. The Morgan fingerprint density at radius 3 is 2.60 bits per heavy atom. The zero-order valence-corrected chi connectivity index (χ0v) is 7.41. The fourth-order valence-electron chi connectivity index (χ4n) is 1.89. The Morgan fingerprint density at radius 1 is 1.40 bits per heavy atom. The molecule has 0 nitrogen and oxygen atoms in total. The highest BCUT2D eigenvalue weighted by atomic mass is 14.2. The summed E-state index contributed by atoms with van der Waals surface area (Å²) >= 11 is 0. The maximum Gasteiger partial charge on any atom is -0.0206 e. The van der Waals surface area contributed by atoms with Gasteiger partial charge in [0.2, 0.25) is 0 Å². The monoisotopic (exact) mass is 138 g/mol. The molecule has 1 aliphatic rings. The van der Waals surface area contributed by atoms with E-state index in [1.165, 1.54) is 25.7 Å². The molecule has 0 bridgehead atoms. The molecule has 1 unspecified atom stereocenters. The smallest absolute Gasteiger partial charge is 0.0206 e. The molecule has 0 aliphatic heterocycles. The molecule has 58 valence electrons. The van der Waals surface area contributed by atoms with E-state index in [-0.39, 0.29) is 0 Å². The second-order valence-corrected chi connectivity index (χ2v) is 3.46. The predicted molar refractivity (Wildman–Crippen MR) is 46.0 cm³/mol. The number of hydrogen-bond acceptors (Lipinski definition) is 0. The van der Waals surface area contributed by atoms with Crippen molar-refractivity contribution >= 4 is 0 Å². The van der Waals surface area contributed by atoms with E-state index in [0.717, 1.165) is 5.92 Å². The van der Waals surface area contributed by atoms with Crippen LogP contribution < -0.4 is 0 Å². The van der Waals surface area contributed by atoms with E-state index in [4.69, 9.17) is 0 Å². The van der Waals surface area contributed by atoms with Gasteiger partial charge in [0.1, 0.15) is 0 Å². The van der Waals surface area contributed by atoms with Crippen LogP contribution in [-0.2, 0) is 0 Å². The van der Waals surface area contributed by atoms with Crippen molar-refractivity contribution in [3.8, 4) is 0 Å². The zero-order valence-electron chi connectivity index (χ0n) is 7.41. The fraction of sp³-hybridized carbons (Fsp3) is 0.800. The Kier molecular flexibility index (Phi) is 2.53. The maximum absolute atomic E-state index is 2.31. The van der Waals surface area contributed by atoms with Crippen LogP contribution >= 0.6 is 0 Å². The average molecular weight is 138 g/mol. The third-order valence-corrected chi connectivity index (χ3v) is 2.88. The first-order valence-corrected chi connectivity index (χ1v) is 4.42. The lowest BCUT2D eigenvalue weighted by atomic mass is 9.83. The molecule has 0 heterocycles. The van der Waals surface area contributed by atoms with E-state index >= 15 is 0 Å². The van der Waals surface area contributed by atoms with Gasteiger partial charge in [0.05, 0.1) is 0 Å². The van der Waals surface area contributed by atoms with Gasteiger partial charge >= 0.3 is 0 Å². The fourth-order valence-corrected chi connectivity index (χ4v) is 1.89. The van der Waals surface area contributed by atoms with Gasteiger partial charge in [0.25, 0.3) is 0 Å². The van der Waals surface area contributed by atoms with Gasteiger partial charge in [0, 0.05) is 0 Å². The van der Waals surface area contributed by atoms with Crippen LogP contribution in [0.2, 0.25) is 0 Å². The van der Waals surface area contributed by atoms with Crippen molar-refractivity contribution in [1.29, 1.82) is 0 Å². The van der Waals surface area contributed by atoms with Gasteiger partial charge in [-0.15, -0.1) is 0 Å². The van der Waals surface area contributed by atoms with Crippen LogP contribution in [-0.4, -0.2) is 0 Å². The summed E-state index contributed by atoms with van der Waals surface area (Å²) in [6.45, 7) is 6.90. The van der Waals surface area contributed by atoms with E-state index in [1.807, 2.05) is 0 Å². The quantitative estimate of drug-likeness (QED) is 0.486. The van der Waals surface area contributed by atoms with Crippen LogP contribution in [0, 0.1) is 5.92 Å². The van der Waals surface area contributed by atoms with E-state index in [1.54, 1.807) is 11.1 Å². The third-order valence-electron chi connectivity index (χ3n) is 2.88. The predicted octanol–water partition coefficient (Wildman–Crippen LogP) is 3.53. The highest BCUT2D eigenvalue weighted by Gasteiger charge is 2.14. The average Bonchev–Trinajstić information content (AvgIpc) is 1.95. The van der Waals surface area contributed by atoms with Crippen molar-refractivity contribution in [2.45, 2.75) is 46.5 Å². The SMILES string of the molecule is CCC1CCCC(C)=C1C. The molecule has 0 aromatic rings. The molecule has 0 N–H and O–H groups in total. The number of allylic oxidation sites excluding steroid dienone is 2. The largest absolute Gasteiger partial charge is 0.0741 e. The summed E-state index contributed by atoms with van der Waals surface area (Å²) in [4.78, 5) is 0. The van der Waals surface area contributed by atoms with Crippen molar-refractivity contribution in [2.75, 3.05) is 0 Å². The topological polar surface area (TPSA) is 0 Å². The second kappa shape index (κ2) is 3.23. The van der Waals surface area contributed by atoms with Crippen LogP contribution in [0.25, 0.3) is 0 Å². The van der Waals surface area contributed by atoms with Gasteiger partial charge in [-0.1, -0.05) is 18.1 Å². The Hall–Kier alpha value is -0.260. The Labute approximate surface area is 64.3 Å². The molecular weight excluding hydrogens is 120 g/mol. The molecule has 10 heavy (non-hydrogen) atoms. The molecule has 1 aliphatic carbocycles. The Bertz CT molecular complexity index is 142. The first kappa shape index (κ1) is 7.84. The molecule has 0 amide bonds. The van der Waals surface area contributed by atoms with Gasteiger partial charge in [-0.2, -0.15) is 0 Å². The van der Waals surface area contributed by atoms with Crippen molar-refractivity contribution in [2.24, 2.45) is 5.92 Å². The van der Waals surface area contributed by atoms with Crippen molar-refractivity contribution in [1.82, 2.24) is 0 Å². The minimum absolute atomic E-state index is 0.911. The van der Waals surface area contributed by atoms with Crippen LogP contribution in [0.5, 0.6) is 0 Å². The van der Waals surface area contributed by atoms with Crippen LogP contribution in [0.15, 0.2) is 11.1 Å². The molecule has 0 radical (unpaired) electrons. The molecule has 0 saturated heterocycles. The van der Waals surface area contributed by atoms with E-state index in [9.17, 15) is 0 Å². The van der Waals surface area contributed by atoms with Crippen LogP contribution in [0.1, 0.15) is 46.5 Å². The number of hydrogen-bond donors (Lipinski definition) is 0. The first-order valence-electron chi connectivity index (χ1n) is 4.42. The summed E-state index contributed by atoms with van der Waals surface area (Å²) in [5.74, 6) is 0.911. The van der Waals surface area contributed by atoms with Crippen LogP contribution in [0.4, 0.5) is 0 Å². The molecule has 0 aromatic carbocycles. The molecule has 0 saturated carbocycles. The van der Waals surface area contributed by atoms with E-state index in [2.05, 4.69) is 20.8 Å². The van der Waals surface area contributed by atoms with Gasteiger partial charge in [-0.05, 0) is 45.4 Å². The van der Waals surface area contributed by atoms with E-state index < -0.39 is 0 Å². The molecule has 0 spiro atoms. The molecule has 0 aromatic heterocycles. The van der Waals surface area contributed by atoms with Gasteiger partial charge in [-0.3, -0.25) is 0 Å². The van der Waals surface area contributed by atoms with Gasteiger partial charge in [-0.25, -0.2) is 0 Å². The standard InChI is InChI=1S/C10H18/c1-4-10-7-5-6-8(2)9(10)3/h10H,4-7H2,1-3H3. The molecule has 1 rings (SSSR count). The summed E-state index contributed by atoms with van der Waals surface area (Å²) in [6.07, 6.45) is 5.53. The molecule has 0 heteroatoms. The van der Waals surface area contributed by atoms with Crippen molar-refractivity contribution in [3.63, 3.8) is 0 Å². The summed E-state index contributed by atoms with van der Waals surface area (Å²) in [5, 5.41) is 0. The molecule has 1 atom stereocenters. The first-order chi connectivity index (χ1) is 4.75. The van der Waals surface area contributed by atoms with Crippen LogP contribution in [0.3, 0.4) is 0 Å². The minimum atomic E-state index is 0.911. The lowest BCUT2D eigenvalue weighted by molar-refractivity contribution is 0.484. The van der Waals surface area contributed by atoms with Gasteiger partial charge in [0.15, 0.2) is 0 Å². The lowest BCUT2D eigenvalue weighted by Gasteiger charge is -2.23. The molecular formula is C10H18. The van der Waals surface area contributed by atoms with Gasteiger partial charge < -0.3 is 0 Å². The number of rotatable bonds is 1. The Balaban J connectivity index is 2.68. The highest BCUT2D eigenvalue weighted by Crippen LogP contribution is 2.31. The normalized spacial score (nSPS) is 27.3. The van der Waals surface area contributed by atoms with E-state index in [0.29, 0.717) is 0 Å². The summed E-state index contributed by atoms with van der Waals surface area (Å²) < 4.78 is 0. The molecule has 0 fully saturated rings. The van der Waals surface area contributed by atoms with Crippen molar-refractivity contribution in [3.05, 3.63) is 11.1 Å². The lowest BCUT2D eigenvalue weighted by Crippen LogP contribution is -2.07. The summed E-state index contributed by atoms with van der Waals surface area (Å²) in [6, 6.07) is 0. The summed E-state index contributed by atoms with van der Waals surface area (Å²) in [7, 11) is 0. The van der Waals surface area contributed by atoms with Crippen molar-refractivity contribution < 1.29 is 0 Å². The highest BCUT2D eigenvalue weighted by molar-refractivity contribution is 5.15. The maximum atomic E-state index is 2.31. The zero-order chi connectivity index (χ0) is 7.56. The second-order valence-electron chi connectivity index (χ2n) is 3.46. The third kappa shape index (κ3) is 1.42. The summed E-state index contributed by atoms with van der Waals surface area (Å²) in [5.41, 5.74) is 3.33. The minimum Gasteiger partial charge on any atom is -0.0741 e.